The van der Waals surface area contributed by atoms with Crippen molar-refractivity contribution in [2.45, 2.75) is 39.0 Å². The monoisotopic (exact) mass is 388 g/mol. The van der Waals surface area contributed by atoms with Crippen molar-refractivity contribution in [2.75, 3.05) is 5.43 Å². The molecule has 1 N–H and O–H groups in total. The molecule has 1 aromatic rings. The lowest BCUT2D eigenvalue weighted by molar-refractivity contribution is 0.385. The predicted molar refractivity (Wildman–Crippen MR) is 96.5 cm³/mol. The van der Waals surface area contributed by atoms with Gasteiger partial charge in [-0.05, 0) is 41.3 Å². The standard InChI is InChI=1S/C7H3Cl5N2.C7H14/c8-3-1-4(9)6(5(10)2-3)13-14-7(11)12;1-7-5-3-2-4-6-7/h1-2,13H;7H,2-6H2,1H3. The van der Waals surface area contributed by atoms with Crippen LogP contribution in [0.5, 0.6) is 0 Å². The highest BCUT2D eigenvalue weighted by molar-refractivity contribution is 6.95. The number of nitrogens with one attached hydrogen (secondary N) is 1. The highest BCUT2D eigenvalue weighted by atomic mass is 35.5. The van der Waals surface area contributed by atoms with Gasteiger partial charge in [0.25, 0.3) is 0 Å². The van der Waals surface area contributed by atoms with Gasteiger partial charge in [0.1, 0.15) is 0 Å². The minimum Gasteiger partial charge on any atom is -0.273 e. The second kappa shape index (κ2) is 10.0. The normalized spacial score (nSPS) is 15.0. The van der Waals surface area contributed by atoms with Gasteiger partial charge in [-0.25, -0.2) is 0 Å². The van der Waals surface area contributed by atoms with Gasteiger partial charge in [-0.1, -0.05) is 73.8 Å². The van der Waals surface area contributed by atoms with E-state index in [-0.39, 0.29) is 4.63 Å². The Hall–Kier alpha value is 0.140. The lowest BCUT2D eigenvalue weighted by Gasteiger charge is -2.15. The molecule has 2 nitrogen and oxygen atoms in total. The summed E-state index contributed by atoms with van der Waals surface area (Å²) < 4.78 is -0.174. The Kier molecular flexibility index (Phi) is 9.15. The van der Waals surface area contributed by atoms with Crippen LogP contribution >= 0.6 is 58.0 Å². The summed E-state index contributed by atoms with van der Waals surface area (Å²) in [5.74, 6) is 1.04. The van der Waals surface area contributed by atoms with E-state index in [1.54, 1.807) is 0 Å². The summed E-state index contributed by atoms with van der Waals surface area (Å²) in [5, 5.41) is 4.64. The molecule has 0 amide bonds. The third-order valence-corrected chi connectivity index (χ3v) is 4.14. The molecule has 1 aromatic carbocycles. The lowest BCUT2D eigenvalue weighted by atomic mass is 9.91. The van der Waals surface area contributed by atoms with Crippen molar-refractivity contribution >= 4 is 68.3 Å². The number of anilines is 1. The number of hydrogen-bond donors (Lipinski definition) is 1. The van der Waals surface area contributed by atoms with E-state index < -0.39 is 0 Å². The smallest absolute Gasteiger partial charge is 0.215 e. The fourth-order valence-electron chi connectivity index (χ4n) is 2.05. The molecule has 1 fully saturated rings. The first kappa shape index (κ1) is 19.2. The molecule has 0 unspecified atom stereocenters. The van der Waals surface area contributed by atoms with E-state index in [1.165, 1.54) is 44.2 Å². The molecule has 0 saturated heterocycles. The molecule has 7 heteroatoms. The SMILES string of the molecule is CC1CCCCC1.ClC(Cl)=NNc1c(Cl)cc(Cl)cc1Cl. The van der Waals surface area contributed by atoms with Crippen molar-refractivity contribution < 1.29 is 0 Å². The van der Waals surface area contributed by atoms with Crippen LogP contribution in [0.25, 0.3) is 0 Å². The summed E-state index contributed by atoms with van der Waals surface area (Å²) in [7, 11) is 0. The molecule has 0 radical (unpaired) electrons. The van der Waals surface area contributed by atoms with Gasteiger partial charge < -0.3 is 0 Å². The zero-order valence-electron chi connectivity index (χ0n) is 11.6. The fraction of sp³-hybridized carbons (Fsp3) is 0.500. The first-order valence-corrected chi connectivity index (χ1v) is 8.58. The Morgan fingerprint density at radius 2 is 1.57 bits per heavy atom. The number of halogens is 5. The van der Waals surface area contributed by atoms with Gasteiger partial charge in [-0.3, -0.25) is 5.43 Å². The summed E-state index contributed by atoms with van der Waals surface area (Å²) in [6, 6.07) is 3.05. The number of hydrazone groups is 1. The third kappa shape index (κ3) is 7.80. The van der Waals surface area contributed by atoms with Crippen LogP contribution in [-0.2, 0) is 0 Å². The van der Waals surface area contributed by atoms with Crippen LogP contribution in [0, 0.1) is 5.92 Å². The van der Waals surface area contributed by atoms with Crippen molar-refractivity contribution in [3.63, 3.8) is 0 Å². The summed E-state index contributed by atoms with van der Waals surface area (Å²) >= 11 is 28.0. The Bertz CT molecular complexity index is 457. The van der Waals surface area contributed by atoms with Crippen molar-refractivity contribution in [1.82, 2.24) is 0 Å². The van der Waals surface area contributed by atoms with E-state index in [0.717, 1.165) is 5.92 Å². The molecular weight excluding hydrogens is 373 g/mol. The predicted octanol–water partition coefficient (Wildman–Crippen LogP) is 7.39. The number of nitrogens with zero attached hydrogens (tertiary/aromatic N) is 1. The van der Waals surface area contributed by atoms with Gasteiger partial charge in [0, 0.05) is 5.02 Å². The summed E-state index contributed by atoms with van der Waals surface area (Å²) in [6.07, 6.45) is 7.44. The van der Waals surface area contributed by atoms with Gasteiger partial charge in [-0.15, -0.1) is 0 Å². The van der Waals surface area contributed by atoms with Crippen LogP contribution in [0.1, 0.15) is 39.0 Å². The zero-order chi connectivity index (χ0) is 15.8. The van der Waals surface area contributed by atoms with Gasteiger partial charge in [-0.2, -0.15) is 5.10 Å². The second-order valence-corrected chi connectivity index (χ2v) is 7.11. The Morgan fingerprint density at radius 1 is 1.05 bits per heavy atom. The molecule has 1 aliphatic carbocycles. The highest BCUT2D eigenvalue weighted by Gasteiger charge is 2.07. The summed E-state index contributed by atoms with van der Waals surface area (Å²) in [6.45, 7) is 2.36. The molecule has 1 saturated carbocycles. The highest BCUT2D eigenvalue weighted by Crippen LogP contribution is 2.33. The quantitative estimate of drug-likeness (QED) is 0.413. The molecule has 0 aromatic heterocycles. The van der Waals surface area contributed by atoms with Crippen molar-refractivity contribution in [3.05, 3.63) is 27.2 Å². The molecule has 0 aliphatic heterocycles. The fourth-order valence-corrected chi connectivity index (χ4v) is 3.04. The average Bonchev–Trinajstić information content (AvgIpc) is 2.38. The van der Waals surface area contributed by atoms with E-state index in [9.17, 15) is 0 Å². The first-order valence-electron chi connectivity index (χ1n) is 6.69. The van der Waals surface area contributed by atoms with Gasteiger partial charge in [0.05, 0.1) is 15.7 Å². The first-order chi connectivity index (χ1) is 9.90. The number of hydrogen-bond acceptors (Lipinski definition) is 2. The molecular formula is C14H17Cl5N2. The largest absolute Gasteiger partial charge is 0.273 e. The molecule has 0 spiro atoms. The Morgan fingerprint density at radius 3 is 1.95 bits per heavy atom. The Labute approximate surface area is 150 Å². The second-order valence-electron chi connectivity index (χ2n) is 4.95. The topological polar surface area (TPSA) is 24.4 Å². The molecule has 0 heterocycles. The zero-order valence-corrected chi connectivity index (χ0v) is 15.4. The molecule has 0 bridgehead atoms. The van der Waals surface area contributed by atoms with E-state index in [0.29, 0.717) is 20.8 Å². The van der Waals surface area contributed by atoms with Crippen LogP contribution in [0.4, 0.5) is 5.69 Å². The van der Waals surface area contributed by atoms with Gasteiger partial charge in [0.15, 0.2) is 0 Å². The number of benzene rings is 1. The maximum atomic E-state index is 5.83. The third-order valence-electron chi connectivity index (χ3n) is 3.15. The minimum atomic E-state index is -0.174. The average molecular weight is 391 g/mol. The molecule has 2 rings (SSSR count). The summed E-state index contributed by atoms with van der Waals surface area (Å²) in [4.78, 5) is 0. The Balaban J connectivity index is 0.000000262. The molecule has 21 heavy (non-hydrogen) atoms. The van der Waals surface area contributed by atoms with Crippen molar-refractivity contribution in [3.8, 4) is 0 Å². The van der Waals surface area contributed by atoms with Crippen LogP contribution in [-0.4, -0.2) is 4.63 Å². The van der Waals surface area contributed by atoms with Crippen LogP contribution in [0.15, 0.2) is 17.2 Å². The van der Waals surface area contributed by atoms with Crippen LogP contribution in [0.2, 0.25) is 15.1 Å². The van der Waals surface area contributed by atoms with Gasteiger partial charge >= 0.3 is 0 Å². The maximum absolute atomic E-state index is 5.83. The minimum absolute atomic E-state index is 0.174. The van der Waals surface area contributed by atoms with E-state index in [2.05, 4.69) is 17.5 Å². The van der Waals surface area contributed by atoms with E-state index >= 15 is 0 Å². The van der Waals surface area contributed by atoms with Gasteiger partial charge in [0.2, 0.25) is 4.63 Å². The van der Waals surface area contributed by atoms with Crippen molar-refractivity contribution in [2.24, 2.45) is 11.0 Å². The summed E-state index contributed by atoms with van der Waals surface area (Å²) in [5.41, 5.74) is 2.91. The van der Waals surface area contributed by atoms with Crippen LogP contribution < -0.4 is 5.43 Å². The molecule has 118 valence electrons. The lowest BCUT2D eigenvalue weighted by Crippen LogP contribution is -1.99. The maximum Gasteiger partial charge on any atom is 0.215 e. The molecule has 1 aliphatic rings. The number of rotatable bonds is 2. The van der Waals surface area contributed by atoms with Crippen molar-refractivity contribution in [1.29, 1.82) is 0 Å². The van der Waals surface area contributed by atoms with E-state index in [1.807, 2.05) is 0 Å². The van der Waals surface area contributed by atoms with E-state index in [4.69, 9.17) is 58.0 Å². The molecule has 0 atom stereocenters. The van der Waals surface area contributed by atoms with Crippen LogP contribution in [0.3, 0.4) is 0 Å².